The van der Waals surface area contributed by atoms with Crippen LogP contribution >= 0.6 is 15.9 Å². The minimum Gasteiger partial charge on any atom is -0.463 e. The molecule has 1 rings (SSSR count). The molecule has 1 unspecified atom stereocenters. The fourth-order valence-electron chi connectivity index (χ4n) is 2.67. The number of aliphatic hydroxyl groups excluding tert-OH is 1. The average Bonchev–Trinajstić information content (AvgIpc) is 2.69. The molecule has 0 radical (unpaired) electrons. The van der Waals surface area contributed by atoms with Gasteiger partial charge in [-0.2, -0.15) is 0 Å². The van der Waals surface area contributed by atoms with Crippen molar-refractivity contribution < 1.29 is 24.2 Å². The second-order valence-corrected chi connectivity index (χ2v) is 7.82. The number of hydrogen-bond donors (Lipinski definition) is 1. The molecule has 0 aromatic carbocycles. The molecular formula is C21H32BrNO5. The van der Waals surface area contributed by atoms with Crippen LogP contribution < -0.4 is 0 Å². The number of pyridine rings is 1. The van der Waals surface area contributed by atoms with Crippen LogP contribution in [0.4, 0.5) is 0 Å². The Labute approximate surface area is 176 Å². The summed E-state index contributed by atoms with van der Waals surface area (Å²) in [5, 5.41) is 9.80. The predicted molar refractivity (Wildman–Crippen MR) is 111 cm³/mol. The van der Waals surface area contributed by atoms with E-state index in [-0.39, 0.29) is 24.7 Å². The highest BCUT2D eigenvalue weighted by atomic mass is 79.9. The number of aromatic nitrogens is 1. The number of rotatable bonds is 15. The maximum absolute atomic E-state index is 11.8. The number of esters is 2. The summed E-state index contributed by atoms with van der Waals surface area (Å²) in [5.41, 5.74) is 0.281. The summed E-state index contributed by atoms with van der Waals surface area (Å²) in [4.78, 5) is 27.4. The standard InChI is InChI=1S/C21H32BrNO5/c1-2-3-4-5-6-7-8-9-10-11-20(25)27-15-19(24)16-28-21(26)17-12-18(22)14-23-13-17/h12-14,19,24H,2-11,15-16H2,1H3. The highest BCUT2D eigenvalue weighted by Gasteiger charge is 2.13. The van der Waals surface area contributed by atoms with Crippen molar-refractivity contribution in [1.29, 1.82) is 0 Å². The van der Waals surface area contributed by atoms with Gasteiger partial charge in [-0.05, 0) is 28.4 Å². The fraction of sp³-hybridized carbons (Fsp3) is 0.667. The van der Waals surface area contributed by atoms with Gasteiger partial charge in [0.15, 0.2) is 0 Å². The second kappa shape index (κ2) is 15.5. The summed E-state index contributed by atoms with van der Waals surface area (Å²) in [5.74, 6) is -0.918. The summed E-state index contributed by atoms with van der Waals surface area (Å²) in [6.07, 6.45) is 12.9. The van der Waals surface area contributed by atoms with Crippen LogP contribution in [0.15, 0.2) is 22.9 Å². The molecule has 1 aromatic rings. The number of carbonyl (C=O) groups excluding carboxylic acids is 2. The third-order valence-corrected chi connectivity index (χ3v) is 4.70. The maximum atomic E-state index is 11.8. The van der Waals surface area contributed by atoms with Gasteiger partial charge < -0.3 is 14.6 Å². The van der Waals surface area contributed by atoms with Crippen LogP contribution in [0.3, 0.4) is 0 Å². The molecule has 0 saturated carbocycles. The zero-order chi connectivity index (χ0) is 20.6. The molecule has 0 fully saturated rings. The van der Waals surface area contributed by atoms with Crippen molar-refractivity contribution in [2.45, 2.75) is 77.2 Å². The van der Waals surface area contributed by atoms with Gasteiger partial charge in [-0.25, -0.2) is 4.79 Å². The third kappa shape index (κ3) is 12.1. The monoisotopic (exact) mass is 457 g/mol. The number of ether oxygens (including phenoxy) is 2. The van der Waals surface area contributed by atoms with Crippen molar-refractivity contribution in [3.05, 3.63) is 28.5 Å². The molecule has 1 aromatic heterocycles. The second-order valence-electron chi connectivity index (χ2n) is 6.91. The summed E-state index contributed by atoms with van der Waals surface area (Å²) in [6.45, 7) is 1.79. The first-order valence-corrected chi connectivity index (χ1v) is 10.9. The first-order valence-electron chi connectivity index (χ1n) is 10.1. The van der Waals surface area contributed by atoms with E-state index < -0.39 is 12.1 Å². The predicted octanol–water partition coefficient (Wildman–Crippen LogP) is 4.83. The van der Waals surface area contributed by atoms with E-state index in [1.807, 2.05) is 0 Å². The van der Waals surface area contributed by atoms with Gasteiger partial charge in [0.1, 0.15) is 19.3 Å². The minimum atomic E-state index is -1.05. The molecule has 7 heteroatoms. The van der Waals surface area contributed by atoms with Gasteiger partial charge in [0.05, 0.1) is 5.56 Å². The third-order valence-electron chi connectivity index (χ3n) is 4.27. The zero-order valence-corrected chi connectivity index (χ0v) is 18.3. The lowest BCUT2D eigenvalue weighted by Crippen LogP contribution is -2.25. The van der Waals surface area contributed by atoms with Crippen LogP contribution in [0.2, 0.25) is 0 Å². The molecule has 0 aliphatic rings. The molecule has 28 heavy (non-hydrogen) atoms. The van der Waals surface area contributed by atoms with Gasteiger partial charge in [-0.15, -0.1) is 0 Å². The van der Waals surface area contributed by atoms with Gasteiger partial charge in [-0.1, -0.05) is 58.3 Å². The van der Waals surface area contributed by atoms with Gasteiger partial charge >= 0.3 is 11.9 Å². The van der Waals surface area contributed by atoms with E-state index >= 15 is 0 Å². The lowest BCUT2D eigenvalue weighted by Gasteiger charge is -2.12. The van der Waals surface area contributed by atoms with Gasteiger partial charge in [0, 0.05) is 23.3 Å². The molecule has 0 aliphatic heterocycles. The lowest BCUT2D eigenvalue weighted by molar-refractivity contribution is -0.147. The van der Waals surface area contributed by atoms with E-state index in [4.69, 9.17) is 9.47 Å². The molecule has 0 spiro atoms. The number of halogens is 1. The molecule has 1 heterocycles. The van der Waals surface area contributed by atoms with Crippen molar-refractivity contribution in [3.8, 4) is 0 Å². The van der Waals surface area contributed by atoms with E-state index in [1.54, 1.807) is 12.3 Å². The van der Waals surface area contributed by atoms with E-state index in [2.05, 4.69) is 27.8 Å². The SMILES string of the molecule is CCCCCCCCCCCC(=O)OCC(O)COC(=O)c1cncc(Br)c1. The Morgan fingerprint density at radius 3 is 2.25 bits per heavy atom. The molecule has 0 bridgehead atoms. The summed E-state index contributed by atoms with van der Waals surface area (Å²) < 4.78 is 10.7. The Kier molecular flexibility index (Phi) is 13.6. The van der Waals surface area contributed by atoms with Crippen molar-refractivity contribution in [3.63, 3.8) is 0 Å². The quantitative estimate of drug-likeness (QED) is 0.300. The Bertz CT molecular complexity index is 582. The molecule has 0 saturated heterocycles. The van der Waals surface area contributed by atoms with Crippen LogP contribution in [0.25, 0.3) is 0 Å². The highest BCUT2D eigenvalue weighted by molar-refractivity contribution is 9.10. The van der Waals surface area contributed by atoms with Crippen LogP contribution in [-0.4, -0.2) is 41.3 Å². The molecule has 1 N–H and O–H groups in total. The molecule has 0 amide bonds. The van der Waals surface area contributed by atoms with E-state index in [0.29, 0.717) is 10.9 Å². The summed E-state index contributed by atoms with van der Waals surface area (Å²) in [6, 6.07) is 1.58. The van der Waals surface area contributed by atoms with Crippen molar-refractivity contribution in [2.75, 3.05) is 13.2 Å². The number of nitrogens with zero attached hydrogens (tertiary/aromatic N) is 1. The van der Waals surface area contributed by atoms with Crippen LogP contribution in [0.1, 0.15) is 81.5 Å². The molecular weight excluding hydrogens is 426 g/mol. The molecule has 158 valence electrons. The number of unbranched alkanes of at least 4 members (excludes halogenated alkanes) is 8. The summed E-state index contributed by atoms with van der Waals surface area (Å²) >= 11 is 3.22. The smallest absolute Gasteiger partial charge is 0.339 e. The Morgan fingerprint density at radius 1 is 1.00 bits per heavy atom. The molecule has 0 aliphatic carbocycles. The minimum absolute atomic E-state index is 0.180. The Balaban J connectivity index is 2.03. The van der Waals surface area contributed by atoms with E-state index in [9.17, 15) is 14.7 Å². The van der Waals surface area contributed by atoms with Gasteiger partial charge in [-0.3, -0.25) is 9.78 Å². The van der Waals surface area contributed by atoms with Crippen molar-refractivity contribution >= 4 is 27.9 Å². The molecule has 1 atom stereocenters. The number of hydrogen-bond acceptors (Lipinski definition) is 6. The Hall–Kier alpha value is -1.47. The summed E-state index contributed by atoms with van der Waals surface area (Å²) in [7, 11) is 0. The van der Waals surface area contributed by atoms with Crippen molar-refractivity contribution in [1.82, 2.24) is 4.98 Å². The first kappa shape index (κ1) is 24.6. The normalized spacial score (nSPS) is 11.8. The number of carbonyl (C=O) groups is 2. The van der Waals surface area contributed by atoms with E-state index in [1.165, 1.54) is 44.7 Å². The lowest BCUT2D eigenvalue weighted by atomic mass is 10.1. The fourth-order valence-corrected chi connectivity index (χ4v) is 3.03. The highest BCUT2D eigenvalue weighted by Crippen LogP contribution is 2.12. The van der Waals surface area contributed by atoms with E-state index in [0.717, 1.165) is 19.3 Å². The van der Waals surface area contributed by atoms with Crippen molar-refractivity contribution in [2.24, 2.45) is 0 Å². The molecule has 6 nitrogen and oxygen atoms in total. The van der Waals surface area contributed by atoms with Gasteiger partial charge in [0.2, 0.25) is 0 Å². The average molecular weight is 458 g/mol. The zero-order valence-electron chi connectivity index (χ0n) is 16.7. The number of aliphatic hydroxyl groups is 1. The van der Waals surface area contributed by atoms with Crippen LogP contribution in [0, 0.1) is 0 Å². The van der Waals surface area contributed by atoms with Crippen LogP contribution in [-0.2, 0) is 14.3 Å². The first-order chi connectivity index (χ1) is 13.5. The topological polar surface area (TPSA) is 85.7 Å². The van der Waals surface area contributed by atoms with Gasteiger partial charge in [0.25, 0.3) is 0 Å². The maximum Gasteiger partial charge on any atom is 0.339 e. The Morgan fingerprint density at radius 2 is 1.61 bits per heavy atom. The van der Waals surface area contributed by atoms with Crippen LogP contribution in [0.5, 0.6) is 0 Å². The largest absolute Gasteiger partial charge is 0.463 e.